The lowest BCUT2D eigenvalue weighted by atomic mass is 10.2. The molecule has 1 N–H and O–H groups in total. The predicted molar refractivity (Wildman–Crippen MR) is 188 cm³/mol. The first kappa shape index (κ1) is 35.2. The first-order valence-electron chi connectivity index (χ1n) is 15.8. The number of rotatable bonds is 13. The molecular weight excluding hydrogens is 674 g/mol. The van der Waals surface area contributed by atoms with Gasteiger partial charge in [0.1, 0.15) is 32.3 Å². The van der Waals surface area contributed by atoms with Crippen LogP contribution in [0.25, 0.3) is 20.4 Å². The predicted octanol–water partition coefficient (Wildman–Crippen LogP) is 7.49. The van der Waals surface area contributed by atoms with Gasteiger partial charge in [0.05, 0.1) is 19.6 Å². The quantitative estimate of drug-likeness (QED) is 0.0961. The third kappa shape index (κ3) is 9.09. The molecule has 0 aliphatic carbocycles. The van der Waals surface area contributed by atoms with Crippen LogP contribution >= 0.6 is 34.3 Å². The molecule has 5 aromatic rings. The maximum absolute atomic E-state index is 11.4. The summed E-state index contributed by atoms with van der Waals surface area (Å²) in [5, 5.41) is 5.89. The standard InChI is InChI=1S/C21H23N3O4S.C13H15ClN2O2S/c1-3-14-10-15-20(22-11-13-7-8-16-17(9-13)28-12-27-16)23-18(24-21(15)29-14)5-4-6-19(25)26-2;1-3-8-7-9-12(14)15-10(16-13(9)19-8)5-4-6-11(17)18-2/h7-10H,3-6,11-12H2,1-2H3,(H,22,23,24);7H,3-6H2,1-2H3. The van der Waals surface area contributed by atoms with Crippen LogP contribution in [0.4, 0.5) is 5.82 Å². The summed E-state index contributed by atoms with van der Waals surface area (Å²) < 4.78 is 20.1. The van der Waals surface area contributed by atoms with Crippen molar-refractivity contribution >= 4 is 72.5 Å². The first-order chi connectivity index (χ1) is 23.3. The lowest BCUT2D eigenvalue weighted by molar-refractivity contribution is -0.141. The highest BCUT2D eigenvalue weighted by molar-refractivity contribution is 7.19. The summed E-state index contributed by atoms with van der Waals surface area (Å²) in [6.45, 7) is 5.11. The number of halogens is 1. The Labute approximate surface area is 292 Å². The number of hydrogen-bond acceptors (Lipinski definition) is 13. The van der Waals surface area contributed by atoms with E-state index in [1.807, 2.05) is 24.3 Å². The van der Waals surface area contributed by atoms with Crippen molar-refractivity contribution in [3.63, 3.8) is 0 Å². The summed E-state index contributed by atoms with van der Waals surface area (Å²) in [7, 11) is 2.79. The van der Waals surface area contributed by atoms with Crippen LogP contribution in [0, 0.1) is 0 Å². The minimum Gasteiger partial charge on any atom is -0.469 e. The molecule has 0 atom stereocenters. The van der Waals surface area contributed by atoms with Crippen LogP contribution < -0.4 is 14.8 Å². The van der Waals surface area contributed by atoms with Crippen LogP contribution in [0.5, 0.6) is 11.5 Å². The van der Waals surface area contributed by atoms with Crippen molar-refractivity contribution in [2.45, 2.75) is 71.8 Å². The van der Waals surface area contributed by atoms with E-state index >= 15 is 0 Å². The molecule has 0 saturated carbocycles. The van der Waals surface area contributed by atoms with Gasteiger partial charge in [0.2, 0.25) is 6.79 Å². The van der Waals surface area contributed by atoms with Crippen molar-refractivity contribution in [2.75, 3.05) is 26.3 Å². The maximum Gasteiger partial charge on any atom is 0.305 e. The highest BCUT2D eigenvalue weighted by atomic mass is 35.5. The number of esters is 2. The number of methoxy groups -OCH3 is 2. The summed E-state index contributed by atoms with van der Waals surface area (Å²) in [6.07, 6.45) is 5.25. The number of nitrogens with zero attached hydrogens (tertiary/aromatic N) is 4. The Morgan fingerprint density at radius 3 is 2.02 bits per heavy atom. The molecule has 0 saturated heterocycles. The number of hydrogen-bond donors (Lipinski definition) is 1. The Bertz CT molecular complexity index is 1900. The fourth-order valence-electron chi connectivity index (χ4n) is 4.92. The van der Waals surface area contributed by atoms with Gasteiger partial charge in [-0.3, -0.25) is 9.59 Å². The molecule has 1 aliphatic rings. The van der Waals surface area contributed by atoms with Crippen LogP contribution in [0.15, 0.2) is 30.3 Å². The number of aromatic nitrogens is 4. The summed E-state index contributed by atoms with van der Waals surface area (Å²) in [5.74, 6) is 3.36. The minimum atomic E-state index is -0.212. The van der Waals surface area contributed by atoms with Gasteiger partial charge in [-0.05, 0) is 55.5 Å². The largest absolute Gasteiger partial charge is 0.469 e. The molecule has 11 nitrogen and oxygen atoms in total. The molecule has 5 heterocycles. The van der Waals surface area contributed by atoms with E-state index in [1.165, 1.54) is 24.0 Å². The van der Waals surface area contributed by atoms with E-state index in [4.69, 9.17) is 35.8 Å². The van der Waals surface area contributed by atoms with Crippen LogP contribution in [0.2, 0.25) is 5.15 Å². The van der Waals surface area contributed by atoms with E-state index in [0.29, 0.717) is 56.0 Å². The molecule has 254 valence electrons. The molecule has 0 fully saturated rings. The number of ether oxygens (including phenoxy) is 4. The van der Waals surface area contributed by atoms with Gasteiger partial charge < -0.3 is 24.3 Å². The second kappa shape index (κ2) is 16.8. The van der Waals surface area contributed by atoms with Crippen LogP contribution in [-0.2, 0) is 51.3 Å². The average Bonchev–Trinajstić information content (AvgIpc) is 3.85. The topological polar surface area (TPSA) is 135 Å². The molecule has 0 bridgehead atoms. The van der Waals surface area contributed by atoms with Gasteiger partial charge >= 0.3 is 11.9 Å². The van der Waals surface area contributed by atoms with Crippen molar-refractivity contribution in [3.05, 3.63) is 62.5 Å². The van der Waals surface area contributed by atoms with Crippen LogP contribution in [0.1, 0.15) is 66.5 Å². The van der Waals surface area contributed by atoms with Crippen molar-refractivity contribution in [1.82, 2.24) is 19.9 Å². The zero-order valence-electron chi connectivity index (χ0n) is 27.4. The second-order valence-corrected chi connectivity index (χ2v) is 13.5. The average molecular weight is 712 g/mol. The number of benzene rings is 1. The van der Waals surface area contributed by atoms with Crippen molar-refractivity contribution in [1.29, 1.82) is 0 Å². The third-order valence-electron chi connectivity index (χ3n) is 7.55. The smallest absolute Gasteiger partial charge is 0.305 e. The van der Waals surface area contributed by atoms with E-state index in [-0.39, 0.29) is 18.7 Å². The van der Waals surface area contributed by atoms with Gasteiger partial charge in [0.25, 0.3) is 0 Å². The molecule has 4 aromatic heterocycles. The lowest BCUT2D eigenvalue weighted by Gasteiger charge is -2.09. The van der Waals surface area contributed by atoms with E-state index in [9.17, 15) is 9.59 Å². The monoisotopic (exact) mass is 711 g/mol. The minimum absolute atomic E-state index is 0.211. The molecule has 1 aliphatic heterocycles. The molecular formula is C34H38ClN5O6S2. The Morgan fingerprint density at radius 1 is 0.812 bits per heavy atom. The number of aryl methyl sites for hydroxylation is 4. The normalized spacial score (nSPS) is 11.8. The van der Waals surface area contributed by atoms with Gasteiger partial charge in [-0.1, -0.05) is 31.5 Å². The van der Waals surface area contributed by atoms with Gasteiger partial charge in [-0.15, -0.1) is 22.7 Å². The molecule has 14 heteroatoms. The summed E-state index contributed by atoms with van der Waals surface area (Å²) in [6, 6.07) is 10.1. The second-order valence-electron chi connectivity index (χ2n) is 10.9. The Morgan fingerprint density at radius 2 is 1.40 bits per heavy atom. The number of carbonyl (C=O) groups excluding carboxylic acids is 2. The van der Waals surface area contributed by atoms with Crippen molar-refractivity contribution in [3.8, 4) is 11.5 Å². The Kier molecular flexibility index (Phi) is 12.4. The number of thiophene rings is 2. The fraction of sp³-hybridized carbons (Fsp3) is 0.412. The third-order valence-corrected chi connectivity index (χ3v) is 10.2. The van der Waals surface area contributed by atoms with Crippen LogP contribution in [0.3, 0.4) is 0 Å². The molecule has 0 radical (unpaired) electrons. The van der Waals surface area contributed by atoms with E-state index < -0.39 is 0 Å². The zero-order valence-corrected chi connectivity index (χ0v) is 29.8. The van der Waals surface area contributed by atoms with Gasteiger partial charge in [-0.25, -0.2) is 19.9 Å². The highest BCUT2D eigenvalue weighted by Gasteiger charge is 2.16. The number of carbonyl (C=O) groups is 2. The van der Waals surface area contributed by atoms with Crippen molar-refractivity contribution in [2.24, 2.45) is 0 Å². The van der Waals surface area contributed by atoms with E-state index in [0.717, 1.165) is 62.0 Å². The molecule has 0 unspecified atom stereocenters. The molecule has 0 amide bonds. The molecule has 0 spiro atoms. The SMILES string of the molecule is CCc1cc2c(Cl)nc(CCCC(=O)OC)nc2s1.CCc1cc2c(NCc3ccc4c(c3)OCO4)nc(CCCC(=O)OC)nc2s1. The van der Waals surface area contributed by atoms with E-state index in [1.54, 1.807) is 22.7 Å². The summed E-state index contributed by atoms with van der Waals surface area (Å²) in [5.41, 5.74) is 1.08. The van der Waals surface area contributed by atoms with Gasteiger partial charge in [0.15, 0.2) is 11.5 Å². The number of nitrogens with one attached hydrogen (secondary N) is 1. The summed E-state index contributed by atoms with van der Waals surface area (Å²) >= 11 is 9.50. The Hall–Kier alpha value is -4.07. The zero-order chi connectivity index (χ0) is 34.0. The molecule has 48 heavy (non-hydrogen) atoms. The van der Waals surface area contributed by atoms with Crippen molar-refractivity contribution < 1.29 is 28.5 Å². The molecule has 6 rings (SSSR count). The first-order valence-corrected chi connectivity index (χ1v) is 17.8. The Balaban J connectivity index is 0.000000206. The maximum atomic E-state index is 11.4. The number of anilines is 1. The highest BCUT2D eigenvalue weighted by Crippen LogP contribution is 2.34. The molecule has 1 aromatic carbocycles. The van der Waals surface area contributed by atoms with Gasteiger partial charge in [0, 0.05) is 47.4 Å². The lowest BCUT2D eigenvalue weighted by Crippen LogP contribution is -2.06. The van der Waals surface area contributed by atoms with E-state index in [2.05, 4.69) is 39.9 Å². The van der Waals surface area contributed by atoms with Gasteiger partial charge in [-0.2, -0.15) is 0 Å². The fourth-order valence-corrected chi connectivity index (χ4v) is 7.19. The summed E-state index contributed by atoms with van der Waals surface area (Å²) in [4.78, 5) is 45.0. The van der Waals surface area contributed by atoms with Crippen LogP contribution in [-0.4, -0.2) is 52.9 Å². The number of fused-ring (bicyclic) bond motifs is 3.